The van der Waals surface area contributed by atoms with Crippen LogP contribution >= 0.6 is 23.2 Å². The van der Waals surface area contributed by atoms with Crippen LogP contribution < -0.4 is 9.46 Å². The molecule has 0 unspecified atom stereocenters. The first kappa shape index (κ1) is 18.1. The van der Waals surface area contributed by atoms with Gasteiger partial charge in [0.25, 0.3) is 0 Å². The van der Waals surface area contributed by atoms with Crippen LogP contribution in [0.5, 0.6) is 5.75 Å². The lowest BCUT2D eigenvalue weighted by atomic mass is 10.2. The number of ether oxygens (including phenoxy) is 1. The van der Waals surface area contributed by atoms with Gasteiger partial charge in [0.2, 0.25) is 10.0 Å². The topological polar surface area (TPSA) is 55.4 Å². The van der Waals surface area contributed by atoms with E-state index in [2.05, 4.69) is 4.72 Å². The monoisotopic (exact) mass is 373 g/mol. The fraction of sp³-hybridized carbons (Fsp3) is 0.250. The van der Waals surface area contributed by atoms with Crippen LogP contribution in [0.25, 0.3) is 0 Å². The molecule has 1 N–H and O–H groups in total. The molecule has 0 aromatic heterocycles. The summed E-state index contributed by atoms with van der Waals surface area (Å²) in [5.74, 6) is 0.677. The van der Waals surface area contributed by atoms with Crippen LogP contribution in [0.1, 0.15) is 11.1 Å². The second-order valence-electron chi connectivity index (χ2n) is 5.07. The van der Waals surface area contributed by atoms with E-state index in [4.69, 9.17) is 27.9 Å². The van der Waals surface area contributed by atoms with Gasteiger partial charge >= 0.3 is 0 Å². The zero-order valence-electron chi connectivity index (χ0n) is 12.8. The van der Waals surface area contributed by atoms with E-state index in [9.17, 15) is 8.42 Å². The maximum atomic E-state index is 12.2. The van der Waals surface area contributed by atoms with Gasteiger partial charge in [0.05, 0.1) is 4.90 Å². The number of nitrogens with one attached hydrogen (secondary N) is 1. The second kappa shape index (κ2) is 7.53. The molecule has 0 amide bonds. The van der Waals surface area contributed by atoms with Crippen LogP contribution in [0.15, 0.2) is 41.3 Å². The molecule has 0 heterocycles. The highest BCUT2D eigenvalue weighted by molar-refractivity contribution is 7.89. The van der Waals surface area contributed by atoms with E-state index >= 15 is 0 Å². The molecular weight excluding hydrogens is 357 g/mol. The van der Waals surface area contributed by atoms with Crippen molar-refractivity contribution in [1.29, 1.82) is 0 Å². The summed E-state index contributed by atoms with van der Waals surface area (Å²) in [7, 11) is -3.58. The Morgan fingerprint density at radius 1 is 1.04 bits per heavy atom. The van der Waals surface area contributed by atoms with Crippen molar-refractivity contribution >= 4 is 33.2 Å². The summed E-state index contributed by atoms with van der Waals surface area (Å²) in [5, 5.41) is 1.17. The summed E-state index contributed by atoms with van der Waals surface area (Å²) in [6.07, 6.45) is 0. The van der Waals surface area contributed by atoms with Gasteiger partial charge < -0.3 is 4.74 Å². The molecule has 2 aromatic carbocycles. The smallest absolute Gasteiger partial charge is 0.240 e. The van der Waals surface area contributed by atoms with Gasteiger partial charge in [-0.3, -0.25) is 0 Å². The third-order valence-corrected chi connectivity index (χ3v) is 5.35. The van der Waals surface area contributed by atoms with E-state index < -0.39 is 10.0 Å². The Morgan fingerprint density at radius 3 is 2.43 bits per heavy atom. The molecule has 124 valence electrons. The fourth-order valence-corrected chi connectivity index (χ4v) is 3.42. The number of hydrogen-bond acceptors (Lipinski definition) is 3. The fourth-order valence-electron chi connectivity index (χ4n) is 1.98. The number of rotatable bonds is 6. The third kappa shape index (κ3) is 4.85. The lowest BCUT2D eigenvalue weighted by Crippen LogP contribution is -2.28. The van der Waals surface area contributed by atoms with Gasteiger partial charge in [-0.05, 0) is 61.4 Å². The highest BCUT2D eigenvalue weighted by Gasteiger charge is 2.14. The average molecular weight is 374 g/mol. The van der Waals surface area contributed by atoms with Crippen molar-refractivity contribution in [2.45, 2.75) is 18.7 Å². The SMILES string of the molecule is Cc1cc(S(=O)(=O)NCCOc2ccc(Cl)cc2C)ccc1Cl. The minimum atomic E-state index is -3.58. The molecule has 23 heavy (non-hydrogen) atoms. The third-order valence-electron chi connectivity index (χ3n) is 3.23. The van der Waals surface area contributed by atoms with Crippen molar-refractivity contribution in [3.05, 3.63) is 57.6 Å². The Bertz CT molecular complexity index is 807. The normalized spacial score (nSPS) is 11.5. The first-order valence-electron chi connectivity index (χ1n) is 6.94. The predicted molar refractivity (Wildman–Crippen MR) is 93.1 cm³/mol. The molecule has 2 aromatic rings. The number of hydrogen-bond donors (Lipinski definition) is 1. The molecule has 0 spiro atoms. The van der Waals surface area contributed by atoms with E-state index in [0.29, 0.717) is 21.4 Å². The first-order chi connectivity index (χ1) is 10.8. The quantitative estimate of drug-likeness (QED) is 0.779. The molecule has 2 rings (SSSR count). The Labute approximate surface area is 146 Å². The predicted octanol–water partition coefficient (Wildman–Crippen LogP) is 3.97. The average Bonchev–Trinajstić information content (AvgIpc) is 2.48. The van der Waals surface area contributed by atoms with E-state index in [-0.39, 0.29) is 18.0 Å². The Hall–Kier alpha value is -1.27. The maximum absolute atomic E-state index is 12.2. The molecule has 0 bridgehead atoms. The van der Waals surface area contributed by atoms with Crippen LogP contribution in [0.3, 0.4) is 0 Å². The van der Waals surface area contributed by atoms with Crippen LogP contribution in [-0.4, -0.2) is 21.6 Å². The minimum Gasteiger partial charge on any atom is -0.492 e. The van der Waals surface area contributed by atoms with Gasteiger partial charge in [-0.25, -0.2) is 13.1 Å². The van der Waals surface area contributed by atoms with E-state index in [1.165, 1.54) is 12.1 Å². The van der Waals surface area contributed by atoms with Gasteiger partial charge in [-0.15, -0.1) is 0 Å². The number of aryl methyl sites for hydroxylation is 2. The van der Waals surface area contributed by atoms with Crippen LogP contribution in [-0.2, 0) is 10.0 Å². The van der Waals surface area contributed by atoms with E-state index in [0.717, 1.165) is 5.56 Å². The minimum absolute atomic E-state index is 0.159. The van der Waals surface area contributed by atoms with Crippen LogP contribution in [0.4, 0.5) is 0 Å². The maximum Gasteiger partial charge on any atom is 0.240 e. The summed E-state index contributed by atoms with van der Waals surface area (Å²) >= 11 is 11.8. The van der Waals surface area contributed by atoms with Crippen LogP contribution in [0.2, 0.25) is 10.0 Å². The molecule has 0 saturated heterocycles. The number of halogens is 2. The van der Waals surface area contributed by atoms with Crippen molar-refractivity contribution < 1.29 is 13.2 Å². The van der Waals surface area contributed by atoms with Crippen molar-refractivity contribution in [3.8, 4) is 5.75 Å². The zero-order valence-corrected chi connectivity index (χ0v) is 15.1. The molecule has 0 aliphatic rings. The van der Waals surface area contributed by atoms with Crippen molar-refractivity contribution in [3.63, 3.8) is 0 Å². The van der Waals surface area contributed by atoms with Gasteiger partial charge in [0.1, 0.15) is 12.4 Å². The standard InChI is InChI=1S/C16H17Cl2NO3S/c1-11-10-14(4-5-15(11)18)23(20,21)19-7-8-22-16-6-3-13(17)9-12(16)2/h3-6,9-10,19H,7-8H2,1-2H3. The second-order valence-corrected chi connectivity index (χ2v) is 7.68. The molecule has 0 aliphatic heterocycles. The van der Waals surface area contributed by atoms with Crippen molar-refractivity contribution in [2.24, 2.45) is 0 Å². The Morgan fingerprint density at radius 2 is 1.78 bits per heavy atom. The molecular formula is C16H17Cl2NO3S. The molecule has 0 saturated carbocycles. The van der Waals surface area contributed by atoms with Gasteiger partial charge in [0.15, 0.2) is 0 Å². The summed E-state index contributed by atoms with van der Waals surface area (Å²) in [6.45, 7) is 4.01. The Kier molecular flexibility index (Phi) is 5.92. The van der Waals surface area contributed by atoms with Gasteiger partial charge in [-0.2, -0.15) is 0 Å². The molecule has 0 aliphatic carbocycles. The number of sulfonamides is 1. The van der Waals surface area contributed by atoms with Crippen LogP contribution in [0, 0.1) is 13.8 Å². The summed E-state index contributed by atoms with van der Waals surface area (Å²) in [6, 6.07) is 9.85. The lowest BCUT2D eigenvalue weighted by Gasteiger charge is -2.11. The van der Waals surface area contributed by atoms with E-state index in [1.807, 2.05) is 6.92 Å². The molecule has 0 atom stereocenters. The summed E-state index contributed by atoms with van der Waals surface area (Å²) < 4.78 is 32.4. The molecule has 7 heteroatoms. The molecule has 0 radical (unpaired) electrons. The first-order valence-corrected chi connectivity index (χ1v) is 9.18. The summed E-state index contributed by atoms with van der Waals surface area (Å²) in [4.78, 5) is 0.182. The molecule has 4 nitrogen and oxygen atoms in total. The van der Waals surface area contributed by atoms with Crippen molar-refractivity contribution in [2.75, 3.05) is 13.2 Å². The zero-order chi connectivity index (χ0) is 17.0. The largest absolute Gasteiger partial charge is 0.492 e. The van der Waals surface area contributed by atoms with Crippen molar-refractivity contribution in [1.82, 2.24) is 4.72 Å². The highest BCUT2D eigenvalue weighted by atomic mass is 35.5. The molecule has 0 fully saturated rings. The Balaban J connectivity index is 1.93. The summed E-state index contributed by atoms with van der Waals surface area (Å²) in [5.41, 5.74) is 1.61. The number of benzene rings is 2. The van der Waals surface area contributed by atoms with Gasteiger partial charge in [-0.1, -0.05) is 23.2 Å². The lowest BCUT2D eigenvalue weighted by molar-refractivity contribution is 0.320. The highest BCUT2D eigenvalue weighted by Crippen LogP contribution is 2.22. The van der Waals surface area contributed by atoms with Gasteiger partial charge in [0, 0.05) is 16.6 Å². The van der Waals surface area contributed by atoms with E-state index in [1.54, 1.807) is 31.2 Å².